The summed E-state index contributed by atoms with van der Waals surface area (Å²) >= 11 is 12.5. The van der Waals surface area contributed by atoms with Gasteiger partial charge in [-0.25, -0.2) is 4.79 Å². The average Bonchev–Trinajstić information content (AvgIpc) is 3.04. The van der Waals surface area contributed by atoms with Crippen LogP contribution in [0.1, 0.15) is 39.9 Å². The number of hydrogen-bond donors (Lipinski definition) is 2. The van der Waals surface area contributed by atoms with E-state index in [4.69, 9.17) is 23.2 Å². The maximum atomic E-state index is 11.3. The van der Waals surface area contributed by atoms with E-state index in [1.807, 2.05) is 18.2 Å². The Morgan fingerprint density at radius 1 is 1.21 bits per heavy atom. The third-order valence-corrected chi connectivity index (χ3v) is 5.41. The number of carboxylic acid groups (broad SMARTS) is 1. The van der Waals surface area contributed by atoms with Gasteiger partial charge in [0.1, 0.15) is 0 Å². The predicted octanol–water partition coefficient (Wildman–Crippen LogP) is 5.52. The Morgan fingerprint density at radius 3 is 2.79 bits per heavy atom. The zero-order valence-corrected chi connectivity index (χ0v) is 14.2. The van der Waals surface area contributed by atoms with Crippen molar-refractivity contribution in [3.05, 3.63) is 75.3 Å². The van der Waals surface area contributed by atoms with Gasteiger partial charge < -0.3 is 10.4 Å². The van der Waals surface area contributed by atoms with Crippen molar-refractivity contribution >= 4 is 34.9 Å². The lowest BCUT2D eigenvalue weighted by molar-refractivity contribution is 0.0696. The average molecular weight is 360 g/mol. The number of aromatic carboxylic acids is 1. The summed E-state index contributed by atoms with van der Waals surface area (Å²) in [6.07, 6.45) is 5.25. The maximum absolute atomic E-state index is 11.3. The minimum Gasteiger partial charge on any atom is -0.478 e. The number of anilines is 1. The third-order valence-electron chi connectivity index (χ3n) is 4.88. The van der Waals surface area contributed by atoms with Crippen molar-refractivity contribution in [3.8, 4) is 0 Å². The van der Waals surface area contributed by atoms with Gasteiger partial charge in [-0.2, -0.15) is 0 Å². The molecule has 0 fully saturated rings. The van der Waals surface area contributed by atoms with Crippen LogP contribution < -0.4 is 5.32 Å². The van der Waals surface area contributed by atoms with Gasteiger partial charge in [-0.15, -0.1) is 0 Å². The summed E-state index contributed by atoms with van der Waals surface area (Å²) in [4.78, 5) is 11.3. The van der Waals surface area contributed by atoms with Gasteiger partial charge in [0, 0.05) is 10.9 Å². The van der Waals surface area contributed by atoms with Gasteiger partial charge in [0.05, 0.1) is 22.3 Å². The van der Waals surface area contributed by atoms with Crippen molar-refractivity contribution < 1.29 is 9.90 Å². The second kappa shape index (κ2) is 5.83. The molecule has 24 heavy (non-hydrogen) atoms. The van der Waals surface area contributed by atoms with E-state index in [1.54, 1.807) is 6.07 Å². The highest BCUT2D eigenvalue weighted by Crippen LogP contribution is 2.51. The highest BCUT2D eigenvalue weighted by molar-refractivity contribution is 6.34. The molecule has 3 atom stereocenters. The molecule has 3 nitrogen and oxygen atoms in total. The Balaban J connectivity index is 1.83. The lowest BCUT2D eigenvalue weighted by atomic mass is 9.76. The zero-order chi connectivity index (χ0) is 16.8. The first kappa shape index (κ1) is 15.6. The molecule has 2 N–H and O–H groups in total. The van der Waals surface area contributed by atoms with Crippen molar-refractivity contribution in [2.24, 2.45) is 5.92 Å². The molecule has 0 saturated heterocycles. The van der Waals surface area contributed by atoms with Gasteiger partial charge in [0.2, 0.25) is 0 Å². The van der Waals surface area contributed by atoms with Crippen LogP contribution in [-0.2, 0) is 0 Å². The summed E-state index contributed by atoms with van der Waals surface area (Å²) in [5.41, 5.74) is 3.11. The molecular formula is C19H15Cl2NO2. The number of hydrogen-bond acceptors (Lipinski definition) is 2. The van der Waals surface area contributed by atoms with Crippen molar-refractivity contribution in [2.75, 3.05) is 5.32 Å². The SMILES string of the molecule is O=C(O)c1cc(Cl)c2c(c1)[C@@H]1C=CC[C@H]1[C@H](c1cccc(Cl)c1)N2. The molecule has 1 aliphatic heterocycles. The first-order valence-corrected chi connectivity index (χ1v) is 8.55. The molecular weight excluding hydrogens is 345 g/mol. The molecule has 1 heterocycles. The molecule has 0 spiro atoms. The Bertz CT molecular complexity index is 862. The second-order valence-electron chi connectivity index (χ2n) is 6.26. The van der Waals surface area contributed by atoms with Crippen LogP contribution in [0.15, 0.2) is 48.6 Å². The number of rotatable bonds is 2. The van der Waals surface area contributed by atoms with Crippen LogP contribution in [0.4, 0.5) is 5.69 Å². The standard InChI is InChI=1S/C19H15Cl2NO2/c20-12-4-1-3-10(7-12)17-14-6-2-5-13(14)15-8-11(19(23)24)9-16(21)18(15)22-17/h1-5,7-9,13-14,17,22H,6H2,(H,23,24)/t13-,14-,17+/m1/s1. The third kappa shape index (κ3) is 2.48. The number of halogens is 2. The highest BCUT2D eigenvalue weighted by atomic mass is 35.5. The predicted molar refractivity (Wildman–Crippen MR) is 96.2 cm³/mol. The molecule has 0 radical (unpaired) electrons. The van der Waals surface area contributed by atoms with Crippen molar-refractivity contribution in [2.45, 2.75) is 18.4 Å². The monoisotopic (exact) mass is 359 g/mol. The van der Waals surface area contributed by atoms with E-state index < -0.39 is 5.97 Å². The number of fused-ring (bicyclic) bond motifs is 3. The molecule has 0 bridgehead atoms. The van der Waals surface area contributed by atoms with Crippen LogP contribution in [0, 0.1) is 5.92 Å². The first-order chi connectivity index (χ1) is 11.5. The lowest BCUT2D eigenvalue weighted by Gasteiger charge is -2.38. The summed E-state index contributed by atoms with van der Waals surface area (Å²) in [6.45, 7) is 0. The second-order valence-corrected chi connectivity index (χ2v) is 7.10. The molecule has 2 aromatic carbocycles. The van der Waals surface area contributed by atoms with E-state index in [2.05, 4.69) is 23.5 Å². The fourth-order valence-corrected chi connectivity index (χ4v) is 4.29. The number of carboxylic acids is 1. The molecule has 0 aromatic heterocycles. The van der Waals surface area contributed by atoms with Crippen molar-refractivity contribution in [1.82, 2.24) is 0 Å². The van der Waals surface area contributed by atoms with Crippen LogP contribution in [-0.4, -0.2) is 11.1 Å². The Kier molecular flexibility index (Phi) is 3.78. The Labute approximate surface area is 149 Å². The van der Waals surface area contributed by atoms with Gasteiger partial charge in [0.25, 0.3) is 0 Å². The van der Waals surface area contributed by atoms with E-state index >= 15 is 0 Å². The number of nitrogens with one attached hydrogen (secondary N) is 1. The summed E-state index contributed by atoms with van der Waals surface area (Å²) in [5.74, 6) is -0.492. The number of benzene rings is 2. The maximum Gasteiger partial charge on any atom is 0.335 e. The summed E-state index contributed by atoms with van der Waals surface area (Å²) < 4.78 is 0. The van der Waals surface area contributed by atoms with Gasteiger partial charge in [-0.05, 0) is 47.7 Å². The van der Waals surface area contributed by atoms with Crippen LogP contribution in [0.25, 0.3) is 0 Å². The number of carbonyl (C=O) groups is 1. The quantitative estimate of drug-likeness (QED) is 0.694. The van der Waals surface area contributed by atoms with Crippen molar-refractivity contribution in [3.63, 3.8) is 0 Å². The fraction of sp³-hybridized carbons (Fsp3) is 0.211. The van der Waals surface area contributed by atoms with Gasteiger partial charge in [0.15, 0.2) is 0 Å². The van der Waals surface area contributed by atoms with Crippen molar-refractivity contribution in [1.29, 1.82) is 0 Å². The molecule has 2 aromatic rings. The molecule has 2 aliphatic rings. The molecule has 4 rings (SSSR count). The molecule has 0 unspecified atom stereocenters. The van der Waals surface area contributed by atoms with E-state index in [0.717, 1.165) is 23.2 Å². The lowest BCUT2D eigenvalue weighted by Crippen LogP contribution is -2.29. The van der Waals surface area contributed by atoms with Crippen LogP contribution in [0.2, 0.25) is 10.0 Å². The van der Waals surface area contributed by atoms with E-state index in [1.165, 1.54) is 6.07 Å². The van der Waals surface area contributed by atoms with Gasteiger partial charge >= 0.3 is 5.97 Å². The molecule has 5 heteroatoms. The van der Waals surface area contributed by atoms with E-state index in [0.29, 0.717) is 16.0 Å². The normalized spacial score (nSPS) is 24.2. The van der Waals surface area contributed by atoms with Gasteiger partial charge in [-0.3, -0.25) is 0 Å². The minimum atomic E-state index is -0.963. The fourth-order valence-electron chi connectivity index (χ4n) is 3.81. The molecule has 1 aliphatic carbocycles. The van der Waals surface area contributed by atoms with Crippen LogP contribution in [0.3, 0.4) is 0 Å². The molecule has 0 amide bonds. The van der Waals surface area contributed by atoms with Gasteiger partial charge in [-0.1, -0.05) is 47.5 Å². The molecule has 122 valence electrons. The van der Waals surface area contributed by atoms with Crippen LogP contribution in [0.5, 0.6) is 0 Å². The van der Waals surface area contributed by atoms with E-state index in [-0.39, 0.29) is 17.5 Å². The summed E-state index contributed by atoms with van der Waals surface area (Å²) in [7, 11) is 0. The zero-order valence-electron chi connectivity index (χ0n) is 12.7. The number of allylic oxidation sites excluding steroid dienone is 2. The molecule has 0 saturated carbocycles. The smallest absolute Gasteiger partial charge is 0.335 e. The minimum absolute atomic E-state index is 0.0874. The Hall–Kier alpha value is -1.97. The highest BCUT2D eigenvalue weighted by Gasteiger charge is 2.39. The summed E-state index contributed by atoms with van der Waals surface area (Å²) in [6, 6.07) is 11.2. The van der Waals surface area contributed by atoms with Crippen LogP contribution >= 0.6 is 23.2 Å². The Morgan fingerprint density at radius 2 is 2.04 bits per heavy atom. The topological polar surface area (TPSA) is 49.3 Å². The first-order valence-electron chi connectivity index (χ1n) is 7.80. The van der Waals surface area contributed by atoms with E-state index in [9.17, 15) is 9.90 Å². The largest absolute Gasteiger partial charge is 0.478 e. The summed E-state index contributed by atoms with van der Waals surface area (Å²) in [5, 5.41) is 14.0.